The summed E-state index contributed by atoms with van der Waals surface area (Å²) in [5, 5.41) is 28.2. The standard InChI is InChI=1S/C14H14N2O3.C12H12N2O2.C2H6O/c1-10(17)15-12-6-4-11(5-7-12)9-16-8-2-3-13(16)14(18)19;13-10-5-3-9(4-6-10)8-14-7-1-2-11(14)12(15)16;1-2-3/h2-8H,9H2,1H3,(H,15,17)(H,18,19);1-7H,8,13H2,(H,15,16);3H,2H2,1H3. The molecule has 0 fully saturated rings. The molecule has 0 aliphatic carbocycles. The third-order valence-corrected chi connectivity index (χ3v) is 5.06. The highest BCUT2D eigenvalue weighted by Crippen LogP contribution is 2.13. The van der Waals surface area contributed by atoms with E-state index >= 15 is 0 Å². The number of anilines is 2. The summed E-state index contributed by atoms with van der Waals surface area (Å²) in [6.07, 6.45) is 3.48. The van der Waals surface area contributed by atoms with Gasteiger partial charge < -0.3 is 35.5 Å². The van der Waals surface area contributed by atoms with Crippen LogP contribution in [0.25, 0.3) is 0 Å². The maximum atomic E-state index is 11.0. The zero-order valence-electron chi connectivity index (χ0n) is 21.2. The molecule has 0 aliphatic rings. The van der Waals surface area contributed by atoms with Crippen molar-refractivity contribution in [3.05, 3.63) is 108 Å². The molecule has 2 aromatic carbocycles. The number of aliphatic hydroxyl groups is 1. The largest absolute Gasteiger partial charge is 0.477 e. The van der Waals surface area contributed by atoms with E-state index in [0.29, 0.717) is 18.8 Å². The van der Waals surface area contributed by atoms with Gasteiger partial charge in [-0.2, -0.15) is 0 Å². The van der Waals surface area contributed by atoms with Crippen molar-refractivity contribution in [2.45, 2.75) is 26.9 Å². The Morgan fingerprint density at radius 2 is 1.16 bits per heavy atom. The molecule has 6 N–H and O–H groups in total. The molecule has 10 heteroatoms. The molecule has 0 saturated heterocycles. The molecule has 0 radical (unpaired) electrons. The van der Waals surface area contributed by atoms with Crippen LogP contribution >= 0.6 is 0 Å². The number of aromatic nitrogens is 2. The highest BCUT2D eigenvalue weighted by Gasteiger charge is 2.09. The molecule has 200 valence electrons. The second-order valence-corrected chi connectivity index (χ2v) is 8.09. The summed E-state index contributed by atoms with van der Waals surface area (Å²) < 4.78 is 3.35. The molecular formula is C28H32N4O6. The normalized spacial score (nSPS) is 9.87. The van der Waals surface area contributed by atoms with Gasteiger partial charge >= 0.3 is 11.9 Å². The van der Waals surface area contributed by atoms with Gasteiger partial charge in [0, 0.05) is 50.4 Å². The van der Waals surface area contributed by atoms with Crippen molar-refractivity contribution in [2.24, 2.45) is 0 Å². The minimum Gasteiger partial charge on any atom is -0.477 e. The summed E-state index contributed by atoms with van der Waals surface area (Å²) in [5.74, 6) is -1.98. The number of nitrogens with two attached hydrogens (primary N) is 1. The molecule has 0 bridgehead atoms. The zero-order chi connectivity index (χ0) is 28.1. The van der Waals surface area contributed by atoms with Gasteiger partial charge in [0.1, 0.15) is 11.4 Å². The molecule has 1 amide bonds. The van der Waals surface area contributed by atoms with Crippen molar-refractivity contribution < 1.29 is 29.7 Å². The minimum absolute atomic E-state index is 0.119. The number of carboxylic acid groups (broad SMARTS) is 2. The Labute approximate surface area is 220 Å². The fourth-order valence-corrected chi connectivity index (χ4v) is 3.41. The number of aliphatic hydroxyl groups excluding tert-OH is 1. The van der Waals surface area contributed by atoms with E-state index in [1.165, 1.54) is 6.92 Å². The maximum Gasteiger partial charge on any atom is 0.352 e. The number of aromatic carboxylic acids is 2. The van der Waals surface area contributed by atoms with E-state index in [2.05, 4.69) is 5.32 Å². The highest BCUT2D eigenvalue weighted by atomic mass is 16.4. The molecule has 38 heavy (non-hydrogen) atoms. The molecule has 0 aliphatic heterocycles. The van der Waals surface area contributed by atoms with E-state index in [9.17, 15) is 14.4 Å². The first kappa shape index (κ1) is 29.4. The van der Waals surface area contributed by atoms with Crippen molar-refractivity contribution in [3.8, 4) is 0 Å². The first-order chi connectivity index (χ1) is 18.1. The minimum atomic E-state index is -0.945. The van der Waals surface area contributed by atoms with Crippen LogP contribution in [0, 0.1) is 0 Å². The summed E-state index contributed by atoms with van der Waals surface area (Å²) in [7, 11) is 0. The lowest BCUT2D eigenvalue weighted by atomic mass is 10.2. The number of benzene rings is 2. The van der Waals surface area contributed by atoms with Gasteiger partial charge in [0.25, 0.3) is 0 Å². The van der Waals surface area contributed by atoms with E-state index in [4.69, 9.17) is 21.1 Å². The van der Waals surface area contributed by atoms with Gasteiger partial charge in [0.15, 0.2) is 0 Å². The predicted molar refractivity (Wildman–Crippen MR) is 145 cm³/mol. The zero-order valence-corrected chi connectivity index (χ0v) is 21.2. The lowest BCUT2D eigenvalue weighted by molar-refractivity contribution is -0.114. The number of carbonyl (C=O) groups is 3. The summed E-state index contributed by atoms with van der Waals surface area (Å²) >= 11 is 0. The molecule has 0 spiro atoms. The third kappa shape index (κ3) is 9.32. The number of hydrogen-bond acceptors (Lipinski definition) is 5. The predicted octanol–water partition coefficient (Wildman–Crippen LogP) is 4.01. The number of hydrogen-bond donors (Lipinski definition) is 5. The average molecular weight is 521 g/mol. The van der Waals surface area contributed by atoms with Gasteiger partial charge in [-0.15, -0.1) is 0 Å². The third-order valence-electron chi connectivity index (χ3n) is 5.06. The Kier molecular flexibility index (Phi) is 11.3. The fourth-order valence-electron chi connectivity index (χ4n) is 3.41. The van der Waals surface area contributed by atoms with E-state index in [-0.39, 0.29) is 23.9 Å². The van der Waals surface area contributed by atoms with Gasteiger partial charge in [-0.05, 0) is 66.6 Å². The number of carbonyl (C=O) groups excluding carboxylic acids is 1. The van der Waals surface area contributed by atoms with Crippen LogP contribution in [0.2, 0.25) is 0 Å². The van der Waals surface area contributed by atoms with E-state index < -0.39 is 11.9 Å². The second-order valence-electron chi connectivity index (χ2n) is 8.09. The molecule has 0 unspecified atom stereocenters. The van der Waals surface area contributed by atoms with Crippen molar-refractivity contribution in [1.82, 2.24) is 9.13 Å². The SMILES string of the molecule is CC(=O)Nc1ccc(Cn2cccc2C(=O)O)cc1.CCO.Nc1ccc(Cn2cccc2C(=O)O)cc1. The van der Waals surface area contributed by atoms with Crippen molar-refractivity contribution in [1.29, 1.82) is 0 Å². The number of nitrogens with zero attached hydrogens (tertiary/aromatic N) is 2. The summed E-state index contributed by atoms with van der Waals surface area (Å²) in [4.78, 5) is 32.8. The highest BCUT2D eigenvalue weighted by molar-refractivity contribution is 5.88. The van der Waals surface area contributed by atoms with Gasteiger partial charge in [-0.3, -0.25) is 4.79 Å². The molecule has 4 aromatic rings. The molecule has 2 aromatic heterocycles. The smallest absolute Gasteiger partial charge is 0.352 e. The number of rotatable bonds is 7. The number of nitrogen functional groups attached to an aromatic ring is 1. The Balaban J connectivity index is 0.000000245. The van der Waals surface area contributed by atoms with Gasteiger partial charge in [0.2, 0.25) is 5.91 Å². The van der Waals surface area contributed by atoms with Crippen LogP contribution < -0.4 is 11.1 Å². The summed E-state index contributed by atoms with van der Waals surface area (Å²) in [6.45, 7) is 4.40. The first-order valence-corrected chi connectivity index (χ1v) is 11.7. The second kappa shape index (κ2) is 14.7. The average Bonchev–Trinajstić information content (AvgIpc) is 3.52. The lowest BCUT2D eigenvalue weighted by Crippen LogP contribution is -2.09. The van der Waals surface area contributed by atoms with Gasteiger partial charge in [-0.1, -0.05) is 24.3 Å². The van der Waals surface area contributed by atoms with Gasteiger partial charge in [-0.25, -0.2) is 9.59 Å². The quantitative estimate of drug-likeness (QED) is 0.230. The van der Waals surface area contributed by atoms with Crippen LogP contribution in [0.4, 0.5) is 11.4 Å². The monoisotopic (exact) mass is 520 g/mol. The first-order valence-electron chi connectivity index (χ1n) is 11.7. The molecule has 2 heterocycles. The van der Waals surface area contributed by atoms with E-state index in [1.54, 1.807) is 77.0 Å². The van der Waals surface area contributed by atoms with Crippen LogP contribution in [0.5, 0.6) is 0 Å². The maximum absolute atomic E-state index is 11.0. The van der Waals surface area contributed by atoms with Crippen LogP contribution in [0.1, 0.15) is 46.0 Å². The molecule has 0 atom stereocenters. The Hall–Kier alpha value is -4.83. The molecule has 0 saturated carbocycles. The number of carboxylic acids is 2. The number of nitrogens with one attached hydrogen (secondary N) is 1. The molecular weight excluding hydrogens is 488 g/mol. The number of amides is 1. The Morgan fingerprint density at radius 1 is 0.763 bits per heavy atom. The van der Waals surface area contributed by atoms with Crippen molar-refractivity contribution in [2.75, 3.05) is 17.7 Å². The van der Waals surface area contributed by atoms with E-state index in [0.717, 1.165) is 16.8 Å². The molecule has 4 rings (SSSR count). The topological polar surface area (TPSA) is 160 Å². The summed E-state index contributed by atoms with van der Waals surface area (Å²) in [5.41, 5.74) is 9.54. The summed E-state index contributed by atoms with van der Waals surface area (Å²) in [6, 6.07) is 21.3. The van der Waals surface area contributed by atoms with Crippen LogP contribution in [0.15, 0.2) is 85.2 Å². The van der Waals surface area contributed by atoms with E-state index in [1.807, 2.05) is 24.3 Å². The molecule has 10 nitrogen and oxygen atoms in total. The van der Waals surface area contributed by atoms with Crippen LogP contribution in [0.3, 0.4) is 0 Å². The Morgan fingerprint density at radius 3 is 1.53 bits per heavy atom. The van der Waals surface area contributed by atoms with Crippen molar-refractivity contribution in [3.63, 3.8) is 0 Å². The Bertz CT molecular complexity index is 1320. The lowest BCUT2D eigenvalue weighted by Gasteiger charge is -2.08. The van der Waals surface area contributed by atoms with Crippen molar-refractivity contribution >= 4 is 29.2 Å². The van der Waals surface area contributed by atoms with Crippen LogP contribution in [-0.2, 0) is 17.9 Å². The van der Waals surface area contributed by atoms with Gasteiger partial charge in [0.05, 0.1) is 0 Å². The van der Waals surface area contributed by atoms with Crippen LogP contribution in [-0.4, -0.2) is 48.9 Å². The fraction of sp³-hybridized carbons (Fsp3) is 0.179.